The van der Waals surface area contributed by atoms with Crippen molar-refractivity contribution >= 4 is 0 Å². The van der Waals surface area contributed by atoms with Gasteiger partial charge in [-0.2, -0.15) is 0 Å². The number of rotatable bonds is 0. The van der Waals surface area contributed by atoms with Gasteiger partial charge in [-0.15, -0.1) is 0 Å². The largest absolute Gasteiger partial charge is 0.389 e. The number of hydrogen-bond donors (Lipinski definition) is 1. The van der Waals surface area contributed by atoms with Crippen LogP contribution in [0.25, 0.3) is 0 Å². The third-order valence-electron chi connectivity index (χ3n) is 2.58. The van der Waals surface area contributed by atoms with Crippen molar-refractivity contribution in [3.63, 3.8) is 0 Å². The quantitative estimate of drug-likeness (QED) is 0.531. The van der Waals surface area contributed by atoms with E-state index >= 15 is 0 Å². The van der Waals surface area contributed by atoms with Crippen molar-refractivity contribution < 1.29 is 5.11 Å². The fourth-order valence-corrected chi connectivity index (χ4v) is 1.79. The van der Waals surface area contributed by atoms with Crippen molar-refractivity contribution in [1.82, 2.24) is 0 Å². The molecule has 1 fully saturated rings. The third-order valence-corrected chi connectivity index (χ3v) is 2.58. The first kappa shape index (κ1) is 8.79. The smallest absolute Gasteiger partial charge is 0.0755 e. The Morgan fingerprint density at radius 3 is 2.55 bits per heavy atom. The molecule has 1 nitrogen and oxygen atoms in total. The van der Waals surface area contributed by atoms with E-state index in [1.54, 1.807) is 0 Å². The zero-order chi connectivity index (χ0) is 8.43. The molecule has 0 aromatic rings. The molecule has 0 radical (unpaired) electrons. The van der Waals surface area contributed by atoms with Crippen LogP contribution >= 0.6 is 0 Å². The van der Waals surface area contributed by atoms with Crippen molar-refractivity contribution in [3.05, 3.63) is 11.1 Å². The minimum Gasteiger partial charge on any atom is -0.389 e. The monoisotopic (exact) mass is 154 g/mol. The second-order valence-electron chi connectivity index (χ2n) is 3.92. The summed E-state index contributed by atoms with van der Waals surface area (Å²) in [4.78, 5) is 0. The fourth-order valence-electron chi connectivity index (χ4n) is 1.79. The third kappa shape index (κ3) is 2.06. The Kier molecular flexibility index (Phi) is 2.72. The van der Waals surface area contributed by atoms with Crippen LogP contribution in [-0.2, 0) is 0 Å². The van der Waals surface area contributed by atoms with E-state index in [1.165, 1.54) is 17.6 Å². The van der Waals surface area contributed by atoms with Crippen molar-refractivity contribution in [2.24, 2.45) is 5.92 Å². The Balaban J connectivity index is 2.65. The highest BCUT2D eigenvalue weighted by Crippen LogP contribution is 2.29. The van der Waals surface area contributed by atoms with Crippen molar-refractivity contribution in [3.8, 4) is 0 Å². The molecular formula is C10H18O. The molecule has 0 heterocycles. The van der Waals surface area contributed by atoms with Gasteiger partial charge in [0.2, 0.25) is 0 Å². The maximum atomic E-state index is 9.65. The summed E-state index contributed by atoms with van der Waals surface area (Å²) in [6.45, 7) is 6.40. The van der Waals surface area contributed by atoms with Gasteiger partial charge in [-0.3, -0.25) is 0 Å². The minimum absolute atomic E-state index is 0.149. The summed E-state index contributed by atoms with van der Waals surface area (Å²) in [5.41, 5.74) is 2.59. The SMILES string of the molecule is CC(C)=C1CC[C@H](C)C[C@H]1O. The summed E-state index contributed by atoms with van der Waals surface area (Å²) in [7, 11) is 0. The molecule has 0 spiro atoms. The first-order valence-electron chi connectivity index (χ1n) is 4.45. The minimum atomic E-state index is -0.149. The van der Waals surface area contributed by atoms with Crippen molar-refractivity contribution in [2.45, 2.75) is 46.1 Å². The summed E-state index contributed by atoms with van der Waals surface area (Å²) in [5.74, 6) is 0.702. The van der Waals surface area contributed by atoms with Crippen LogP contribution in [0.1, 0.15) is 40.0 Å². The van der Waals surface area contributed by atoms with Crippen molar-refractivity contribution in [2.75, 3.05) is 0 Å². The van der Waals surface area contributed by atoms with Crippen LogP contribution < -0.4 is 0 Å². The normalized spacial score (nSPS) is 32.2. The van der Waals surface area contributed by atoms with Gasteiger partial charge >= 0.3 is 0 Å². The van der Waals surface area contributed by atoms with Crippen LogP contribution in [-0.4, -0.2) is 11.2 Å². The first-order chi connectivity index (χ1) is 5.11. The number of aliphatic hydroxyl groups excluding tert-OH is 1. The summed E-state index contributed by atoms with van der Waals surface area (Å²) < 4.78 is 0. The molecule has 0 aliphatic heterocycles. The lowest BCUT2D eigenvalue weighted by atomic mass is 9.83. The van der Waals surface area contributed by atoms with E-state index in [9.17, 15) is 5.11 Å². The fraction of sp³-hybridized carbons (Fsp3) is 0.800. The Morgan fingerprint density at radius 1 is 1.45 bits per heavy atom. The average molecular weight is 154 g/mol. The van der Waals surface area contributed by atoms with Crippen LogP contribution in [0.15, 0.2) is 11.1 Å². The Morgan fingerprint density at radius 2 is 2.09 bits per heavy atom. The molecule has 0 aromatic heterocycles. The molecule has 11 heavy (non-hydrogen) atoms. The maximum Gasteiger partial charge on any atom is 0.0755 e. The predicted molar refractivity (Wildman–Crippen MR) is 47.4 cm³/mol. The number of hydrogen-bond acceptors (Lipinski definition) is 1. The van der Waals surface area contributed by atoms with Crippen LogP contribution in [0, 0.1) is 5.92 Å². The lowest BCUT2D eigenvalue weighted by molar-refractivity contribution is 0.152. The van der Waals surface area contributed by atoms with Crippen LogP contribution in [0.4, 0.5) is 0 Å². The molecule has 1 rings (SSSR count). The van der Waals surface area contributed by atoms with Crippen LogP contribution in [0.2, 0.25) is 0 Å². The van der Waals surface area contributed by atoms with Gasteiger partial charge in [0.25, 0.3) is 0 Å². The number of allylic oxidation sites excluding steroid dienone is 1. The molecular weight excluding hydrogens is 136 g/mol. The lowest BCUT2D eigenvalue weighted by Crippen LogP contribution is -2.21. The molecule has 1 aliphatic carbocycles. The molecule has 2 atom stereocenters. The van der Waals surface area contributed by atoms with Crippen LogP contribution in [0.5, 0.6) is 0 Å². The van der Waals surface area contributed by atoms with Gasteiger partial charge in [-0.1, -0.05) is 12.5 Å². The highest BCUT2D eigenvalue weighted by atomic mass is 16.3. The standard InChI is InChI=1S/C10H18O/c1-7(2)9-5-4-8(3)6-10(9)11/h8,10-11H,4-6H2,1-3H3/t8-,10+/m0/s1. The first-order valence-corrected chi connectivity index (χ1v) is 4.45. The molecule has 1 saturated carbocycles. The topological polar surface area (TPSA) is 20.2 Å². The predicted octanol–water partition coefficient (Wildman–Crippen LogP) is 2.50. The van der Waals surface area contributed by atoms with Crippen molar-refractivity contribution in [1.29, 1.82) is 0 Å². The molecule has 0 unspecified atom stereocenters. The van der Waals surface area contributed by atoms with E-state index < -0.39 is 0 Å². The van der Waals surface area contributed by atoms with E-state index in [1.807, 2.05) is 0 Å². The molecule has 0 aromatic carbocycles. The molecule has 0 bridgehead atoms. The lowest BCUT2D eigenvalue weighted by Gasteiger charge is -2.26. The zero-order valence-corrected chi connectivity index (χ0v) is 7.72. The molecule has 64 valence electrons. The molecule has 0 amide bonds. The van der Waals surface area contributed by atoms with E-state index in [4.69, 9.17) is 0 Å². The summed E-state index contributed by atoms with van der Waals surface area (Å²) in [6, 6.07) is 0. The Labute approximate surface area is 69.1 Å². The Bertz CT molecular complexity index is 166. The summed E-state index contributed by atoms with van der Waals surface area (Å²) in [5, 5.41) is 9.65. The second kappa shape index (κ2) is 3.40. The van der Waals surface area contributed by atoms with Gasteiger partial charge in [0, 0.05) is 0 Å². The molecule has 1 aliphatic rings. The summed E-state index contributed by atoms with van der Waals surface area (Å²) in [6.07, 6.45) is 3.16. The van der Waals surface area contributed by atoms with E-state index in [0.717, 1.165) is 12.8 Å². The molecule has 0 saturated heterocycles. The van der Waals surface area contributed by atoms with E-state index in [2.05, 4.69) is 20.8 Å². The van der Waals surface area contributed by atoms with Gasteiger partial charge in [0.1, 0.15) is 0 Å². The summed E-state index contributed by atoms with van der Waals surface area (Å²) >= 11 is 0. The highest BCUT2D eigenvalue weighted by molar-refractivity contribution is 5.16. The average Bonchev–Trinajstić information content (AvgIpc) is 1.85. The van der Waals surface area contributed by atoms with Crippen LogP contribution in [0.3, 0.4) is 0 Å². The van der Waals surface area contributed by atoms with E-state index in [0.29, 0.717) is 5.92 Å². The zero-order valence-electron chi connectivity index (χ0n) is 7.72. The van der Waals surface area contributed by atoms with E-state index in [-0.39, 0.29) is 6.10 Å². The second-order valence-corrected chi connectivity index (χ2v) is 3.92. The van der Waals surface area contributed by atoms with Gasteiger partial charge in [-0.25, -0.2) is 0 Å². The highest BCUT2D eigenvalue weighted by Gasteiger charge is 2.21. The van der Waals surface area contributed by atoms with Gasteiger partial charge < -0.3 is 5.11 Å². The van der Waals surface area contributed by atoms with Gasteiger partial charge in [0.05, 0.1) is 6.10 Å². The molecule has 1 heteroatoms. The Hall–Kier alpha value is -0.300. The maximum absolute atomic E-state index is 9.65. The number of aliphatic hydroxyl groups is 1. The molecule has 1 N–H and O–H groups in total. The van der Waals surface area contributed by atoms with Gasteiger partial charge in [0.15, 0.2) is 0 Å². The van der Waals surface area contributed by atoms with Gasteiger partial charge in [-0.05, 0) is 44.6 Å².